The number of aliphatic carboxylic acids is 1. The van der Waals surface area contributed by atoms with Crippen LogP contribution < -0.4 is 5.32 Å². The van der Waals surface area contributed by atoms with Crippen molar-refractivity contribution < 1.29 is 19.1 Å². The van der Waals surface area contributed by atoms with Gasteiger partial charge in [0.1, 0.15) is 17.2 Å². The maximum atomic E-state index is 12.0. The Kier molecular flexibility index (Phi) is 4.23. The summed E-state index contributed by atoms with van der Waals surface area (Å²) in [7, 11) is 0. The average Bonchev–Trinajstić information content (AvgIpc) is 2.84. The molecule has 0 aliphatic rings. The molecular formula is C16H15NO4. The van der Waals surface area contributed by atoms with Gasteiger partial charge < -0.3 is 14.8 Å². The zero-order chi connectivity index (χ0) is 15.4. The van der Waals surface area contributed by atoms with Gasteiger partial charge in [-0.05, 0) is 38.1 Å². The average molecular weight is 285 g/mol. The summed E-state index contributed by atoms with van der Waals surface area (Å²) in [5, 5.41) is 11.5. The van der Waals surface area contributed by atoms with Crippen molar-refractivity contribution in [1.29, 1.82) is 0 Å². The van der Waals surface area contributed by atoms with E-state index in [1.54, 1.807) is 43.3 Å². The largest absolute Gasteiger partial charge is 0.477 e. The Labute approximate surface area is 121 Å². The third kappa shape index (κ3) is 3.82. The number of carboxylic acid groups (broad SMARTS) is 1. The van der Waals surface area contributed by atoms with Gasteiger partial charge in [0.15, 0.2) is 0 Å². The van der Waals surface area contributed by atoms with Crippen molar-refractivity contribution >= 4 is 18.0 Å². The molecule has 21 heavy (non-hydrogen) atoms. The van der Waals surface area contributed by atoms with Crippen LogP contribution in [-0.4, -0.2) is 17.0 Å². The van der Waals surface area contributed by atoms with E-state index in [0.717, 1.165) is 5.56 Å². The van der Waals surface area contributed by atoms with Crippen LogP contribution in [0.3, 0.4) is 0 Å². The van der Waals surface area contributed by atoms with Crippen LogP contribution in [0.25, 0.3) is 6.08 Å². The summed E-state index contributed by atoms with van der Waals surface area (Å²) in [5.74, 6) is -0.679. The number of hydrogen-bond acceptors (Lipinski definition) is 3. The first-order valence-electron chi connectivity index (χ1n) is 6.35. The molecule has 0 radical (unpaired) electrons. The van der Waals surface area contributed by atoms with E-state index in [0.29, 0.717) is 17.1 Å². The molecule has 0 fully saturated rings. The van der Waals surface area contributed by atoms with E-state index < -0.39 is 11.9 Å². The van der Waals surface area contributed by atoms with E-state index in [-0.39, 0.29) is 5.70 Å². The minimum Gasteiger partial charge on any atom is -0.477 e. The van der Waals surface area contributed by atoms with Gasteiger partial charge in [0.05, 0.1) is 0 Å². The van der Waals surface area contributed by atoms with E-state index in [1.165, 1.54) is 6.08 Å². The molecule has 0 spiro atoms. The number of hydrogen-bond donors (Lipinski definition) is 2. The highest BCUT2D eigenvalue weighted by Crippen LogP contribution is 2.11. The minimum absolute atomic E-state index is 0.241. The fourth-order valence-electron chi connectivity index (χ4n) is 1.72. The number of amides is 1. The van der Waals surface area contributed by atoms with Gasteiger partial charge in [-0.1, -0.05) is 17.7 Å². The lowest BCUT2D eigenvalue weighted by atomic mass is 10.1. The quantitative estimate of drug-likeness (QED) is 0.846. The number of nitrogens with one attached hydrogen (secondary N) is 1. The van der Waals surface area contributed by atoms with Gasteiger partial charge in [-0.3, -0.25) is 4.79 Å². The molecule has 0 aliphatic heterocycles. The van der Waals surface area contributed by atoms with Crippen LogP contribution in [0, 0.1) is 13.8 Å². The fourth-order valence-corrected chi connectivity index (χ4v) is 1.72. The van der Waals surface area contributed by atoms with Crippen molar-refractivity contribution in [3.63, 3.8) is 0 Å². The molecule has 5 heteroatoms. The highest BCUT2D eigenvalue weighted by molar-refractivity contribution is 6.02. The Morgan fingerprint density at radius 3 is 2.29 bits per heavy atom. The standard InChI is InChI=1S/C16H15NO4/c1-10-3-6-12(7-4-10)15(18)17-14(16(19)20)9-13-8-5-11(2)21-13/h3-9H,1-2H3,(H,17,18)(H,19,20)/b14-9-. The van der Waals surface area contributed by atoms with Gasteiger partial charge in [-0.15, -0.1) is 0 Å². The van der Waals surface area contributed by atoms with E-state index in [1.807, 2.05) is 6.92 Å². The third-order valence-corrected chi connectivity index (χ3v) is 2.84. The SMILES string of the molecule is Cc1ccc(C(=O)N/C(=C\c2ccc(C)o2)C(=O)O)cc1. The molecule has 0 atom stereocenters. The molecule has 0 saturated carbocycles. The molecule has 0 aliphatic carbocycles. The Hall–Kier alpha value is -2.82. The van der Waals surface area contributed by atoms with Gasteiger partial charge in [0, 0.05) is 11.6 Å². The number of rotatable bonds is 4. The molecule has 1 amide bonds. The highest BCUT2D eigenvalue weighted by Gasteiger charge is 2.14. The second-order valence-corrected chi connectivity index (χ2v) is 4.63. The molecule has 2 rings (SSSR count). The molecule has 1 aromatic carbocycles. The molecule has 0 saturated heterocycles. The first-order chi connectivity index (χ1) is 9.95. The molecule has 1 aromatic heterocycles. The van der Waals surface area contributed by atoms with Crippen LogP contribution in [0.5, 0.6) is 0 Å². The van der Waals surface area contributed by atoms with Gasteiger partial charge in [-0.2, -0.15) is 0 Å². The van der Waals surface area contributed by atoms with Crippen molar-refractivity contribution in [2.24, 2.45) is 0 Å². The topological polar surface area (TPSA) is 79.5 Å². The summed E-state index contributed by atoms with van der Waals surface area (Å²) in [6, 6.07) is 10.2. The van der Waals surface area contributed by atoms with Crippen LogP contribution in [0.1, 0.15) is 27.4 Å². The molecule has 108 valence electrons. The second-order valence-electron chi connectivity index (χ2n) is 4.63. The first-order valence-corrected chi connectivity index (χ1v) is 6.35. The Balaban J connectivity index is 2.20. The third-order valence-electron chi connectivity index (χ3n) is 2.84. The van der Waals surface area contributed by atoms with Gasteiger partial charge in [0.25, 0.3) is 5.91 Å². The summed E-state index contributed by atoms with van der Waals surface area (Å²) in [6.07, 6.45) is 1.28. The molecular weight excluding hydrogens is 270 g/mol. The predicted octanol–water partition coefficient (Wildman–Crippen LogP) is 2.75. The van der Waals surface area contributed by atoms with Crippen molar-refractivity contribution in [3.05, 3.63) is 64.7 Å². The van der Waals surface area contributed by atoms with E-state index in [2.05, 4.69) is 5.32 Å². The van der Waals surface area contributed by atoms with Gasteiger partial charge in [0.2, 0.25) is 0 Å². The number of aryl methyl sites for hydroxylation is 2. The van der Waals surface area contributed by atoms with E-state index >= 15 is 0 Å². The van der Waals surface area contributed by atoms with Crippen LogP contribution in [0.15, 0.2) is 46.5 Å². The first kappa shape index (κ1) is 14.6. The Morgan fingerprint density at radius 1 is 1.10 bits per heavy atom. The number of carbonyl (C=O) groups excluding carboxylic acids is 1. The minimum atomic E-state index is -1.23. The molecule has 5 nitrogen and oxygen atoms in total. The number of carbonyl (C=O) groups is 2. The van der Waals surface area contributed by atoms with Crippen LogP contribution in [0.4, 0.5) is 0 Å². The molecule has 0 bridgehead atoms. The zero-order valence-electron chi connectivity index (χ0n) is 11.7. The maximum absolute atomic E-state index is 12.0. The Bertz CT molecular complexity index is 695. The molecule has 1 heterocycles. The number of carboxylic acids is 1. The van der Waals surface area contributed by atoms with E-state index in [9.17, 15) is 9.59 Å². The summed E-state index contributed by atoms with van der Waals surface area (Å²) in [4.78, 5) is 23.2. The second kappa shape index (κ2) is 6.09. The molecule has 2 aromatic rings. The number of benzene rings is 1. The number of furan rings is 1. The van der Waals surface area contributed by atoms with E-state index in [4.69, 9.17) is 9.52 Å². The highest BCUT2D eigenvalue weighted by atomic mass is 16.4. The van der Waals surface area contributed by atoms with Crippen molar-refractivity contribution in [1.82, 2.24) is 5.32 Å². The lowest BCUT2D eigenvalue weighted by molar-refractivity contribution is -0.132. The van der Waals surface area contributed by atoms with Crippen LogP contribution in [0.2, 0.25) is 0 Å². The summed E-state index contributed by atoms with van der Waals surface area (Å²) in [5.41, 5.74) is 1.17. The molecule has 0 unspecified atom stereocenters. The normalized spacial score (nSPS) is 11.2. The Morgan fingerprint density at radius 2 is 1.76 bits per heavy atom. The van der Waals surface area contributed by atoms with Crippen molar-refractivity contribution in [2.45, 2.75) is 13.8 Å². The maximum Gasteiger partial charge on any atom is 0.352 e. The molecule has 2 N–H and O–H groups in total. The van der Waals surface area contributed by atoms with Crippen molar-refractivity contribution in [2.75, 3.05) is 0 Å². The van der Waals surface area contributed by atoms with Gasteiger partial charge >= 0.3 is 5.97 Å². The lowest BCUT2D eigenvalue weighted by Crippen LogP contribution is -2.27. The smallest absolute Gasteiger partial charge is 0.352 e. The predicted molar refractivity (Wildman–Crippen MR) is 77.7 cm³/mol. The van der Waals surface area contributed by atoms with Crippen LogP contribution >= 0.6 is 0 Å². The van der Waals surface area contributed by atoms with Crippen LogP contribution in [-0.2, 0) is 4.79 Å². The summed E-state index contributed by atoms with van der Waals surface area (Å²) < 4.78 is 5.28. The summed E-state index contributed by atoms with van der Waals surface area (Å²) in [6.45, 7) is 3.66. The van der Waals surface area contributed by atoms with Crippen molar-refractivity contribution in [3.8, 4) is 0 Å². The monoisotopic (exact) mass is 285 g/mol. The fraction of sp³-hybridized carbons (Fsp3) is 0.125. The lowest BCUT2D eigenvalue weighted by Gasteiger charge is -2.06. The van der Waals surface area contributed by atoms with Gasteiger partial charge in [-0.25, -0.2) is 4.79 Å². The zero-order valence-corrected chi connectivity index (χ0v) is 11.7. The summed E-state index contributed by atoms with van der Waals surface area (Å²) >= 11 is 0.